The van der Waals surface area contributed by atoms with Gasteiger partial charge in [-0.25, -0.2) is 0 Å². The lowest BCUT2D eigenvalue weighted by molar-refractivity contribution is 0.0885. The second kappa shape index (κ2) is 5.80. The third-order valence-electron chi connectivity index (χ3n) is 4.33. The fourth-order valence-corrected chi connectivity index (χ4v) is 3.11. The van der Waals surface area contributed by atoms with Gasteiger partial charge in [0, 0.05) is 11.9 Å². The lowest BCUT2D eigenvalue weighted by atomic mass is 9.95. The number of para-hydroxylation sites is 1. The summed E-state index contributed by atoms with van der Waals surface area (Å²) in [7, 11) is 0. The van der Waals surface area contributed by atoms with E-state index in [0.29, 0.717) is 6.54 Å². The van der Waals surface area contributed by atoms with Crippen molar-refractivity contribution in [3.05, 3.63) is 36.1 Å². The Labute approximate surface area is 119 Å². The van der Waals surface area contributed by atoms with Crippen LogP contribution in [-0.4, -0.2) is 30.3 Å². The Morgan fingerprint density at radius 1 is 1.40 bits per heavy atom. The predicted molar refractivity (Wildman–Crippen MR) is 80.0 cm³/mol. The maximum absolute atomic E-state index is 12.5. The Morgan fingerprint density at radius 3 is 3.10 bits per heavy atom. The van der Waals surface area contributed by atoms with E-state index in [9.17, 15) is 4.79 Å². The standard InChI is InChI=1S/C17H21NO2/c1-2-13-6-5-9-18(10-13)11-16(19)15-12-20-17-8-4-3-7-14(15)17/h3-4,7-8,12-13H,2,5-6,9-11H2,1H3. The molecule has 1 aliphatic rings. The van der Waals surface area contributed by atoms with Crippen LogP contribution in [0.25, 0.3) is 11.0 Å². The molecule has 3 rings (SSSR count). The molecule has 1 aliphatic heterocycles. The van der Waals surface area contributed by atoms with E-state index in [-0.39, 0.29) is 5.78 Å². The van der Waals surface area contributed by atoms with Crippen molar-refractivity contribution in [3.63, 3.8) is 0 Å². The first kappa shape index (κ1) is 13.4. The molecule has 0 N–H and O–H groups in total. The molecule has 0 aliphatic carbocycles. The number of furan rings is 1. The summed E-state index contributed by atoms with van der Waals surface area (Å²) < 4.78 is 5.46. The molecule has 1 atom stereocenters. The van der Waals surface area contributed by atoms with Crippen LogP contribution in [0.4, 0.5) is 0 Å². The fraction of sp³-hybridized carbons (Fsp3) is 0.471. The van der Waals surface area contributed by atoms with E-state index in [1.807, 2.05) is 24.3 Å². The minimum Gasteiger partial charge on any atom is -0.464 e. The van der Waals surface area contributed by atoms with Crippen LogP contribution in [0.3, 0.4) is 0 Å². The van der Waals surface area contributed by atoms with Crippen molar-refractivity contribution in [1.82, 2.24) is 4.90 Å². The number of rotatable bonds is 4. The number of carbonyl (C=O) groups excluding carboxylic acids is 1. The molecule has 0 radical (unpaired) electrons. The largest absolute Gasteiger partial charge is 0.464 e. The van der Waals surface area contributed by atoms with Crippen molar-refractivity contribution < 1.29 is 9.21 Å². The van der Waals surface area contributed by atoms with Crippen LogP contribution >= 0.6 is 0 Å². The molecule has 1 aromatic carbocycles. The van der Waals surface area contributed by atoms with Crippen molar-refractivity contribution in [1.29, 1.82) is 0 Å². The van der Waals surface area contributed by atoms with Gasteiger partial charge in [0.2, 0.25) is 0 Å². The van der Waals surface area contributed by atoms with Gasteiger partial charge in [0.15, 0.2) is 5.78 Å². The molecular weight excluding hydrogens is 250 g/mol. The number of hydrogen-bond acceptors (Lipinski definition) is 3. The van der Waals surface area contributed by atoms with Crippen LogP contribution in [0, 0.1) is 5.92 Å². The molecule has 2 heterocycles. The second-order valence-corrected chi connectivity index (χ2v) is 5.72. The van der Waals surface area contributed by atoms with Gasteiger partial charge in [0.05, 0.1) is 12.1 Å². The van der Waals surface area contributed by atoms with Crippen molar-refractivity contribution in [3.8, 4) is 0 Å². The monoisotopic (exact) mass is 271 g/mol. The van der Waals surface area contributed by atoms with Crippen LogP contribution in [0.2, 0.25) is 0 Å². The quantitative estimate of drug-likeness (QED) is 0.794. The van der Waals surface area contributed by atoms with E-state index in [0.717, 1.165) is 35.5 Å². The summed E-state index contributed by atoms with van der Waals surface area (Å²) in [6.45, 7) is 4.84. The zero-order valence-corrected chi connectivity index (χ0v) is 12.0. The summed E-state index contributed by atoms with van der Waals surface area (Å²) >= 11 is 0. The number of piperidine rings is 1. The lowest BCUT2D eigenvalue weighted by Gasteiger charge is -2.31. The maximum atomic E-state index is 12.5. The SMILES string of the molecule is CCC1CCCN(CC(=O)c2coc3ccccc23)C1. The van der Waals surface area contributed by atoms with Crippen LogP contribution in [0.5, 0.6) is 0 Å². The van der Waals surface area contributed by atoms with E-state index in [1.54, 1.807) is 6.26 Å². The number of likely N-dealkylation sites (tertiary alicyclic amines) is 1. The summed E-state index contributed by atoms with van der Waals surface area (Å²) in [6.07, 6.45) is 5.32. The first-order valence-corrected chi connectivity index (χ1v) is 7.49. The highest BCUT2D eigenvalue weighted by Crippen LogP contribution is 2.23. The minimum atomic E-state index is 0.173. The fourth-order valence-electron chi connectivity index (χ4n) is 3.11. The van der Waals surface area contributed by atoms with Crippen molar-refractivity contribution in [2.45, 2.75) is 26.2 Å². The first-order chi connectivity index (χ1) is 9.78. The molecule has 3 nitrogen and oxygen atoms in total. The van der Waals surface area contributed by atoms with Gasteiger partial charge >= 0.3 is 0 Å². The number of carbonyl (C=O) groups is 1. The molecule has 106 valence electrons. The third kappa shape index (κ3) is 2.63. The molecule has 0 spiro atoms. The topological polar surface area (TPSA) is 33.5 Å². The van der Waals surface area contributed by atoms with Crippen LogP contribution in [0.15, 0.2) is 34.9 Å². The number of hydrogen-bond donors (Lipinski definition) is 0. The van der Waals surface area contributed by atoms with Crippen LogP contribution in [0.1, 0.15) is 36.5 Å². The molecule has 3 heteroatoms. The average molecular weight is 271 g/mol. The number of benzene rings is 1. The highest BCUT2D eigenvalue weighted by molar-refractivity contribution is 6.08. The normalized spacial score (nSPS) is 20.4. The van der Waals surface area contributed by atoms with Gasteiger partial charge < -0.3 is 4.42 Å². The number of fused-ring (bicyclic) bond motifs is 1. The number of Topliss-reactive ketones (excluding diaryl/α,β-unsaturated/α-hetero) is 1. The summed E-state index contributed by atoms with van der Waals surface area (Å²) in [5.41, 5.74) is 1.51. The Hall–Kier alpha value is -1.61. The molecular formula is C17H21NO2. The zero-order valence-electron chi connectivity index (χ0n) is 12.0. The molecule has 0 amide bonds. The molecule has 1 saturated heterocycles. The van der Waals surface area contributed by atoms with Gasteiger partial charge in [-0.1, -0.05) is 31.5 Å². The Balaban J connectivity index is 1.73. The average Bonchev–Trinajstić information content (AvgIpc) is 2.91. The van der Waals surface area contributed by atoms with Gasteiger partial charge in [-0.2, -0.15) is 0 Å². The van der Waals surface area contributed by atoms with Crippen LogP contribution < -0.4 is 0 Å². The highest BCUT2D eigenvalue weighted by Gasteiger charge is 2.22. The van der Waals surface area contributed by atoms with Gasteiger partial charge in [0.1, 0.15) is 11.8 Å². The number of nitrogens with zero attached hydrogens (tertiary/aromatic N) is 1. The van der Waals surface area contributed by atoms with Crippen molar-refractivity contribution in [2.75, 3.05) is 19.6 Å². The van der Waals surface area contributed by atoms with E-state index in [4.69, 9.17) is 4.42 Å². The number of ketones is 1. The van der Waals surface area contributed by atoms with E-state index >= 15 is 0 Å². The Kier molecular flexibility index (Phi) is 3.88. The molecule has 20 heavy (non-hydrogen) atoms. The highest BCUT2D eigenvalue weighted by atomic mass is 16.3. The van der Waals surface area contributed by atoms with E-state index in [1.165, 1.54) is 19.3 Å². The first-order valence-electron chi connectivity index (χ1n) is 7.49. The lowest BCUT2D eigenvalue weighted by Crippen LogP contribution is -2.38. The van der Waals surface area contributed by atoms with Gasteiger partial charge in [-0.15, -0.1) is 0 Å². The van der Waals surface area contributed by atoms with Crippen molar-refractivity contribution in [2.24, 2.45) is 5.92 Å². The summed E-state index contributed by atoms with van der Waals surface area (Å²) in [4.78, 5) is 14.8. The van der Waals surface area contributed by atoms with Gasteiger partial charge in [-0.3, -0.25) is 9.69 Å². The summed E-state index contributed by atoms with van der Waals surface area (Å²) in [6, 6.07) is 7.73. The molecule has 0 bridgehead atoms. The minimum absolute atomic E-state index is 0.173. The molecule has 1 unspecified atom stereocenters. The molecule has 1 aromatic heterocycles. The zero-order chi connectivity index (χ0) is 13.9. The molecule has 1 fully saturated rings. The summed E-state index contributed by atoms with van der Waals surface area (Å²) in [5, 5.41) is 0.932. The van der Waals surface area contributed by atoms with Gasteiger partial charge in [0.25, 0.3) is 0 Å². The third-order valence-corrected chi connectivity index (χ3v) is 4.33. The van der Waals surface area contributed by atoms with Crippen LogP contribution in [-0.2, 0) is 0 Å². The Bertz CT molecular complexity index is 602. The van der Waals surface area contributed by atoms with Crippen molar-refractivity contribution >= 4 is 16.8 Å². The summed E-state index contributed by atoms with van der Waals surface area (Å²) in [5.74, 6) is 0.921. The van der Waals surface area contributed by atoms with E-state index in [2.05, 4.69) is 11.8 Å². The van der Waals surface area contributed by atoms with E-state index < -0.39 is 0 Å². The molecule has 0 saturated carbocycles. The maximum Gasteiger partial charge on any atom is 0.180 e. The predicted octanol–water partition coefficient (Wildman–Crippen LogP) is 3.74. The van der Waals surface area contributed by atoms with Gasteiger partial charge in [-0.05, 0) is 31.4 Å². The second-order valence-electron chi connectivity index (χ2n) is 5.72. The smallest absolute Gasteiger partial charge is 0.180 e. The molecule has 2 aromatic rings. The Morgan fingerprint density at radius 2 is 2.25 bits per heavy atom.